The minimum Gasteiger partial charge on any atom is -0.440 e. The highest BCUT2D eigenvalue weighted by Gasteiger charge is 2.31. The monoisotopic (exact) mass is 368 g/mol. The number of anilines is 1. The standard InChI is InChI=1S/C20H24N4O3/c1-3-16(19(25)22-18-12-13(2)27-23-18)24-10-8-14(9-11-24)20-21-15-6-4-5-7-17(15)26-20/h4-7,12,14,16H,3,8-11H2,1-2H3,(H,22,23,25)/t16-/m1/s1. The van der Waals surface area contributed by atoms with Gasteiger partial charge in [-0.15, -0.1) is 0 Å². The maximum atomic E-state index is 12.7. The van der Waals surface area contributed by atoms with E-state index >= 15 is 0 Å². The Hall–Kier alpha value is -2.67. The van der Waals surface area contributed by atoms with E-state index in [-0.39, 0.29) is 11.9 Å². The molecule has 7 heteroatoms. The lowest BCUT2D eigenvalue weighted by Crippen LogP contribution is -2.47. The van der Waals surface area contributed by atoms with Gasteiger partial charge in [-0.25, -0.2) is 4.98 Å². The highest BCUT2D eigenvalue weighted by Crippen LogP contribution is 2.31. The summed E-state index contributed by atoms with van der Waals surface area (Å²) < 4.78 is 10.9. The largest absolute Gasteiger partial charge is 0.440 e. The number of aryl methyl sites for hydroxylation is 1. The van der Waals surface area contributed by atoms with Crippen LogP contribution in [0.1, 0.15) is 43.8 Å². The van der Waals surface area contributed by atoms with Crippen molar-refractivity contribution in [2.24, 2.45) is 0 Å². The molecule has 0 unspecified atom stereocenters. The van der Waals surface area contributed by atoms with Crippen molar-refractivity contribution in [3.63, 3.8) is 0 Å². The van der Waals surface area contributed by atoms with Crippen molar-refractivity contribution >= 4 is 22.8 Å². The molecule has 1 amide bonds. The van der Waals surface area contributed by atoms with Crippen molar-refractivity contribution in [3.8, 4) is 0 Å². The van der Waals surface area contributed by atoms with Crippen LogP contribution in [0.4, 0.5) is 5.82 Å². The highest BCUT2D eigenvalue weighted by atomic mass is 16.5. The van der Waals surface area contributed by atoms with Gasteiger partial charge < -0.3 is 14.3 Å². The number of oxazole rings is 1. The molecule has 142 valence electrons. The molecule has 0 aliphatic carbocycles. The summed E-state index contributed by atoms with van der Waals surface area (Å²) >= 11 is 0. The first-order valence-electron chi connectivity index (χ1n) is 9.47. The molecule has 1 N–H and O–H groups in total. The Bertz CT molecular complexity index is 891. The predicted molar refractivity (Wildman–Crippen MR) is 102 cm³/mol. The SMILES string of the molecule is CC[C@H](C(=O)Nc1cc(C)on1)N1CCC(c2nc3ccccc3o2)CC1. The zero-order valence-corrected chi connectivity index (χ0v) is 15.6. The maximum absolute atomic E-state index is 12.7. The molecule has 1 aliphatic rings. The van der Waals surface area contributed by atoms with E-state index in [0.29, 0.717) is 17.5 Å². The summed E-state index contributed by atoms with van der Waals surface area (Å²) in [7, 11) is 0. The summed E-state index contributed by atoms with van der Waals surface area (Å²) in [6, 6.07) is 9.40. The van der Waals surface area contributed by atoms with Gasteiger partial charge in [0.1, 0.15) is 11.3 Å². The van der Waals surface area contributed by atoms with Crippen LogP contribution < -0.4 is 5.32 Å². The number of amides is 1. The van der Waals surface area contributed by atoms with Crippen LogP contribution >= 0.6 is 0 Å². The van der Waals surface area contributed by atoms with Crippen LogP contribution in [0.3, 0.4) is 0 Å². The molecule has 1 fully saturated rings. The van der Waals surface area contributed by atoms with Gasteiger partial charge >= 0.3 is 0 Å². The smallest absolute Gasteiger partial charge is 0.242 e. The summed E-state index contributed by atoms with van der Waals surface area (Å²) in [5.74, 6) is 2.22. The molecule has 0 radical (unpaired) electrons. The maximum Gasteiger partial charge on any atom is 0.242 e. The van der Waals surface area contributed by atoms with E-state index in [1.54, 1.807) is 13.0 Å². The van der Waals surface area contributed by atoms with Crippen molar-refractivity contribution in [3.05, 3.63) is 42.0 Å². The van der Waals surface area contributed by atoms with Crippen molar-refractivity contribution in [1.82, 2.24) is 15.0 Å². The number of hydrogen-bond acceptors (Lipinski definition) is 6. The number of likely N-dealkylation sites (tertiary alicyclic amines) is 1. The third kappa shape index (κ3) is 3.73. The summed E-state index contributed by atoms with van der Waals surface area (Å²) in [6.45, 7) is 5.52. The van der Waals surface area contributed by atoms with E-state index in [4.69, 9.17) is 8.94 Å². The lowest BCUT2D eigenvalue weighted by atomic mass is 9.95. The molecule has 0 spiro atoms. The Morgan fingerprint density at radius 1 is 1.33 bits per heavy atom. The van der Waals surface area contributed by atoms with Crippen molar-refractivity contribution < 1.29 is 13.7 Å². The second kappa shape index (κ2) is 7.52. The molecule has 3 heterocycles. The second-order valence-electron chi connectivity index (χ2n) is 7.07. The number of carbonyl (C=O) groups excluding carboxylic acids is 1. The van der Waals surface area contributed by atoms with E-state index < -0.39 is 0 Å². The second-order valence-corrected chi connectivity index (χ2v) is 7.07. The lowest BCUT2D eigenvalue weighted by molar-refractivity contribution is -0.121. The first kappa shape index (κ1) is 17.7. The van der Waals surface area contributed by atoms with E-state index in [0.717, 1.165) is 49.3 Å². The van der Waals surface area contributed by atoms with Crippen LogP contribution in [0.15, 0.2) is 39.3 Å². The number of para-hydroxylation sites is 2. The number of nitrogens with zero attached hydrogens (tertiary/aromatic N) is 3. The van der Waals surface area contributed by atoms with Gasteiger partial charge in [0.15, 0.2) is 17.3 Å². The van der Waals surface area contributed by atoms with Gasteiger partial charge in [-0.2, -0.15) is 0 Å². The molecule has 27 heavy (non-hydrogen) atoms. The van der Waals surface area contributed by atoms with Gasteiger partial charge in [-0.1, -0.05) is 24.2 Å². The number of benzene rings is 1. The summed E-state index contributed by atoms with van der Waals surface area (Å²) in [5, 5.41) is 6.70. The molecule has 7 nitrogen and oxygen atoms in total. The first-order chi connectivity index (χ1) is 13.1. The van der Waals surface area contributed by atoms with Crippen molar-refractivity contribution in [2.75, 3.05) is 18.4 Å². The first-order valence-corrected chi connectivity index (χ1v) is 9.47. The van der Waals surface area contributed by atoms with Gasteiger partial charge in [0, 0.05) is 12.0 Å². The van der Waals surface area contributed by atoms with Crippen molar-refractivity contribution in [2.45, 2.75) is 45.1 Å². The van der Waals surface area contributed by atoms with Gasteiger partial charge in [0.05, 0.1) is 6.04 Å². The van der Waals surface area contributed by atoms with Crippen LogP contribution in [0, 0.1) is 6.92 Å². The number of carbonyl (C=O) groups is 1. The van der Waals surface area contributed by atoms with Gasteiger partial charge in [-0.3, -0.25) is 9.69 Å². The molecular formula is C20H24N4O3. The van der Waals surface area contributed by atoms with Crippen LogP contribution in [-0.4, -0.2) is 40.1 Å². The number of nitrogens with one attached hydrogen (secondary N) is 1. The minimum absolute atomic E-state index is 0.0360. The number of piperidine rings is 1. The Morgan fingerprint density at radius 3 is 2.78 bits per heavy atom. The van der Waals surface area contributed by atoms with E-state index in [1.807, 2.05) is 31.2 Å². The molecule has 0 saturated carbocycles. The fraction of sp³-hybridized carbons (Fsp3) is 0.450. The van der Waals surface area contributed by atoms with E-state index in [2.05, 4.69) is 20.4 Å². The van der Waals surface area contributed by atoms with Gasteiger partial charge in [0.25, 0.3) is 0 Å². The molecule has 1 aromatic carbocycles. The summed E-state index contributed by atoms with van der Waals surface area (Å²) in [4.78, 5) is 19.5. The van der Waals surface area contributed by atoms with Crippen LogP contribution in [-0.2, 0) is 4.79 Å². The molecule has 1 aliphatic heterocycles. The van der Waals surface area contributed by atoms with E-state index in [1.165, 1.54) is 0 Å². The Kier molecular flexibility index (Phi) is 4.94. The fourth-order valence-electron chi connectivity index (χ4n) is 3.77. The molecule has 1 saturated heterocycles. The molecular weight excluding hydrogens is 344 g/mol. The van der Waals surface area contributed by atoms with E-state index in [9.17, 15) is 4.79 Å². The molecule has 0 bridgehead atoms. The zero-order chi connectivity index (χ0) is 18.8. The highest BCUT2D eigenvalue weighted by molar-refractivity contribution is 5.94. The number of fused-ring (bicyclic) bond motifs is 1. The van der Waals surface area contributed by atoms with Crippen LogP contribution in [0.2, 0.25) is 0 Å². The third-order valence-electron chi connectivity index (χ3n) is 5.20. The van der Waals surface area contributed by atoms with Gasteiger partial charge in [0.2, 0.25) is 5.91 Å². The average molecular weight is 368 g/mol. The molecule has 3 aromatic rings. The molecule has 1 atom stereocenters. The Morgan fingerprint density at radius 2 is 2.11 bits per heavy atom. The van der Waals surface area contributed by atoms with Crippen molar-refractivity contribution in [1.29, 1.82) is 0 Å². The Balaban J connectivity index is 1.38. The quantitative estimate of drug-likeness (QED) is 0.739. The molecule has 2 aromatic heterocycles. The Labute approximate surface area is 157 Å². The third-order valence-corrected chi connectivity index (χ3v) is 5.20. The molecule has 4 rings (SSSR count). The lowest BCUT2D eigenvalue weighted by Gasteiger charge is -2.35. The summed E-state index contributed by atoms with van der Waals surface area (Å²) in [5.41, 5.74) is 1.74. The zero-order valence-electron chi connectivity index (χ0n) is 15.6. The average Bonchev–Trinajstić information content (AvgIpc) is 3.29. The number of rotatable bonds is 5. The minimum atomic E-state index is -0.174. The number of hydrogen-bond donors (Lipinski definition) is 1. The summed E-state index contributed by atoms with van der Waals surface area (Å²) in [6.07, 6.45) is 2.61. The van der Waals surface area contributed by atoms with Crippen LogP contribution in [0.25, 0.3) is 11.1 Å². The number of aromatic nitrogens is 2. The fourth-order valence-corrected chi connectivity index (χ4v) is 3.77. The van der Waals surface area contributed by atoms with Crippen LogP contribution in [0.5, 0.6) is 0 Å². The topological polar surface area (TPSA) is 84.4 Å². The van der Waals surface area contributed by atoms with Gasteiger partial charge in [-0.05, 0) is 51.4 Å². The predicted octanol–water partition coefficient (Wildman–Crippen LogP) is 3.72. The normalized spacial score (nSPS) is 17.3.